The summed E-state index contributed by atoms with van der Waals surface area (Å²) in [5.41, 5.74) is 6.11. The summed E-state index contributed by atoms with van der Waals surface area (Å²) in [6, 6.07) is 0. The highest BCUT2D eigenvalue weighted by molar-refractivity contribution is 5.82. The lowest BCUT2D eigenvalue weighted by Gasteiger charge is -2.07. The fourth-order valence-electron chi connectivity index (χ4n) is 0.569. The van der Waals surface area contributed by atoms with E-state index < -0.39 is 0 Å². The number of esters is 1. The minimum atomic E-state index is -0.365. The summed E-state index contributed by atoms with van der Waals surface area (Å²) < 4.78 is 4.88. The minimum absolute atomic E-state index is 0.0892. The van der Waals surface area contributed by atoms with E-state index in [0.29, 0.717) is 5.70 Å². The fraction of sp³-hybridized carbons (Fsp3) is 0.667. The zero-order chi connectivity index (χ0) is 9.72. The van der Waals surface area contributed by atoms with Gasteiger partial charge in [0.15, 0.2) is 0 Å². The maximum Gasteiger partial charge on any atom is 0.332 e. The zero-order valence-corrected chi connectivity index (χ0v) is 8.13. The molecule has 0 heterocycles. The normalized spacial score (nSPS) is 12.3. The van der Waals surface area contributed by atoms with Crippen LogP contribution in [0.5, 0.6) is 0 Å². The Morgan fingerprint density at radius 3 is 2.17 bits per heavy atom. The van der Waals surface area contributed by atoms with Gasteiger partial charge in [-0.2, -0.15) is 0 Å². The highest BCUT2D eigenvalue weighted by atomic mass is 16.5. The Morgan fingerprint density at radius 2 is 1.83 bits per heavy atom. The standard InChI is InChI=1S/C9H17NO2/c1-6(2)8(10)5-9(11)12-7(3)4/h5-7H,10H2,1-4H3/b8-5+. The van der Waals surface area contributed by atoms with Crippen molar-refractivity contribution < 1.29 is 9.53 Å². The van der Waals surface area contributed by atoms with Crippen LogP contribution in [0.15, 0.2) is 11.8 Å². The third-order valence-electron chi connectivity index (χ3n) is 1.30. The van der Waals surface area contributed by atoms with Crippen LogP contribution in [0.25, 0.3) is 0 Å². The van der Waals surface area contributed by atoms with Gasteiger partial charge < -0.3 is 10.5 Å². The second-order valence-corrected chi connectivity index (χ2v) is 3.28. The molecule has 0 bridgehead atoms. The molecule has 0 aromatic rings. The molecule has 0 aliphatic carbocycles. The van der Waals surface area contributed by atoms with Crippen molar-refractivity contribution in [1.29, 1.82) is 0 Å². The van der Waals surface area contributed by atoms with Gasteiger partial charge in [0.05, 0.1) is 6.10 Å². The van der Waals surface area contributed by atoms with Crippen molar-refractivity contribution in [3.8, 4) is 0 Å². The summed E-state index contributed by atoms with van der Waals surface area (Å²) >= 11 is 0. The van der Waals surface area contributed by atoms with E-state index in [-0.39, 0.29) is 18.0 Å². The predicted molar refractivity (Wildman–Crippen MR) is 48.3 cm³/mol. The molecule has 0 unspecified atom stereocenters. The predicted octanol–water partition coefficient (Wildman–Crippen LogP) is 1.44. The SMILES string of the molecule is CC(C)OC(=O)/C=C(/N)C(C)C. The van der Waals surface area contributed by atoms with E-state index in [1.54, 1.807) is 13.8 Å². The molecule has 0 saturated heterocycles. The van der Waals surface area contributed by atoms with Gasteiger partial charge in [0.1, 0.15) is 0 Å². The number of rotatable bonds is 3. The van der Waals surface area contributed by atoms with Gasteiger partial charge in [0.2, 0.25) is 0 Å². The molecule has 0 radical (unpaired) electrons. The Bertz CT molecular complexity index is 183. The minimum Gasteiger partial charge on any atom is -0.460 e. The first kappa shape index (κ1) is 11.0. The molecule has 0 spiro atoms. The van der Waals surface area contributed by atoms with Gasteiger partial charge in [-0.1, -0.05) is 13.8 Å². The number of nitrogens with two attached hydrogens (primary N) is 1. The lowest BCUT2D eigenvalue weighted by molar-refractivity contribution is -0.141. The molecule has 0 aliphatic heterocycles. The molecule has 0 aromatic heterocycles. The quantitative estimate of drug-likeness (QED) is 0.516. The van der Waals surface area contributed by atoms with Gasteiger partial charge in [-0.3, -0.25) is 0 Å². The van der Waals surface area contributed by atoms with Gasteiger partial charge >= 0.3 is 5.97 Å². The van der Waals surface area contributed by atoms with Gasteiger partial charge in [0.25, 0.3) is 0 Å². The summed E-state index contributed by atoms with van der Waals surface area (Å²) in [6.07, 6.45) is 1.25. The van der Waals surface area contributed by atoms with Crippen molar-refractivity contribution in [3.05, 3.63) is 11.8 Å². The average Bonchev–Trinajstić information content (AvgIpc) is 1.84. The van der Waals surface area contributed by atoms with Crippen LogP contribution in [0.3, 0.4) is 0 Å². The second-order valence-electron chi connectivity index (χ2n) is 3.28. The Balaban J connectivity index is 4.06. The molecule has 3 nitrogen and oxygen atoms in total. The van der Waals surface area contributed by atoms with Crippen molar-refractivity contribution in [2.45, 2.75) is 33.8 Å². The number of hydrogen-bond acceptors (Lipinski definition) is 3. The third kappa shape index (κ3) is 4.77. The molecule has 3 heteroatoms. The maximum atomic E-state index is 11.0. The number of hydrogen-bond donors (Lipinski definition) is 1. The van der Waals surface area contributed by atoms with Crippen LogP contribution in [-0.4, -0.2) is 12.1 Å². The van der Waals surface area contributed by atoms with Crippen LogP contribution in [0.1, 0.15) is 27.7 Å². The Morgan fingerprint density at radius 1 is 1.33 bits per heavy atom. The van der Waals surface area contributed by atoms with E-state index in [9.17, 15) is 4.79 Å². The molecule has 0 saturated carbocycles. The van der Waals surface area contributed by atoms with Crippen molar-refractivity contribution in [2.75, 3.05) is 0 Å². The first-order chi connectivity index (χ1) is 5.43. The summed E-state index contributed by atoms with van der Waals surface area (Å²) in [5.74, 6) is -0.180. The summed E-state index contributed by atoms with van der Waals surface area (Å²) in [5, 5.41) is 0. The van der Waals surface area contributed by atoms with Crippen molar-refractivity contribution in [1.82, 2.24) is 0 Å². The first-order valence-electron chi connectivity index (χ1n) is 4.11. The van der Waals surface area contributed by atoms with Crippen LogP contribution in [0, 0.1) is 5.92 Å². The molecular weight excluding hydrogens is 154 g/mol. The monoisotopic (exact) mass is 171 g/mol. The maximum absolute atomic E-state index is 11.0. The van der Waals surface area contributed by atoms with E-state index in [2.05, 4.69) is 0 Å². The lowest BCUT2D eigenvalue weighted by atomic mass is 10.1. The van der Waals surface area contributed by atoms with Crippen LogP contribution in [0.2, 0.25) is 0 Å². The largest absolute Gasteiger partial charge is 0.460 e. The molecule has 0 aromatic carbocycles. The average molecular weight is 171 g/mol. The molecule has 0 amide bonds. The number of carbonyl (C=O) groups excluding carboxylic acids is 1. The molecule has 70 valence electrons. The van der Waals surface area contributed by atoms with Gasteiger partial charge in [-0.25, -0.2) is 4.79 Å². The van der Waals surface area contributed by atoms with Gasteiger partial charge in [-0.15, -0.1) is 0 Å². The number of carbonyl (C=O) groups is 1. The second kappa shape index (κ2) is 4.80. The van der Waals surface area contributed by atoms with E-state index in [1.165, 1.54) is 6.08 Å². The highest BCUT2D eigenvalue weighted by Crippen LogP contribution is 2.02. The van der Waals surface area contributed by atoms with Crippen LogP contribution < -0.4 is 5.73 Å². The van der Waals surface area contributed by atoms with Crippen molar-refractivity contribution >= 4 is 5.97 Å². The number of ether oxygens (including phenoxy) is 1. The summed E-state index contributed by atoms with van der Waals surface area (Å²) in [4.78, 5) is 11.0. The molecule has 2 N–H and O–H groups in total. The van der Waals surface area contributed by atoms with Crippen LogP contribution in [-0.2, 0) is 9.53 Å². The van der Waals surface area contributed by atoms with Crippen molar-refractivity contribution in [2.24, 2.45) is 11.7 Å². The molecular formula is C9H17NO2. The highest BCUT2D eigenvalue weighted by Gasteiger charge is 2.04. The van der Waals surface area contributed by atoms with E-state index in [1.807, 2.05) is 13.8 Å². The lowest BCUT2D eigenvalue weighted by Crippen LogP contribution is -2.13. The Labute approximate surface area is 73.6 Å². The summed E-state index contributed by atoms with van der Waals surface area (Å²) in [7, 11) is 0. The Kier molecular flexibility index (Phi) is 4.40. The fourth-order valence-corrected chi connectivity index (χ4v) is 0.569. The molecule has 0 fully saturated rings. The smallest absolute Gasteiger partial charge is 0.332 e. The van der Waals surface area contributed by atoms with E-state index >= 15 is 0 Å². The number of allylic oxidation sites excluding steroid dienone is 1. The molecule has 0 atom stereocenters. The van der Waals surface area contributed by atoms with Gasteiger partial charge in [-0.05, 0) is 19.8 Å². The van der Waals surface area contributed by atoms with Crippen LogP contribution >= 0.6 is 0 Å². The van der Waals surface area contributed by atoms with Crippen molar-refractivity contribution in [3.63, 3.8) is 0 Å². The molecule has 12 heavy (non-hydrogen) atoms. The van der Waals surface area contributed by atoms with Gasteiger partial charge in [0, 0.05) is 11.8 Å². The Hall–Kier alpha value is -0.990. The first-order valence-corrected chi connectivity index (χ1v) is 4.11. The molecule has 0 rings (SSSR count). The van der Waals surface area contributed by atoms with Crippen LogP contribution in [0.4, 0.5) is 0 Å². The zero-order valence-electron chi connectivity index (χ0n) is 8.13. The topological polar surface area (TPSA) is 52.3 Å². The third-order valence-corrected chi connectivity index (χ3v) is 1.30. The van der Waals surface area contributed by atoms with E-state index in [4.69, 9.17) is 10.5 Å². The molecule has 0 aliphatic rings. The van der Waals surface area contributed by atoms with E-state index in [0.717, 1.165) is 0 Å². The summed E-state index contributed by atoms with van der Waals surface area (Å²) in [6.45, 7) is 7.46.